The highest BCUT2D eigenvalue weighted by Crippen LogP contribution is 2.36. The fourth-order valence-corrected chi connectivity index (χ4v) is 3.15. The first-order valence-corrected chi connectivity index (χ1v) is 7.38. The number of unbranched alkanes of at least 4 members (excludes halogenated alkanes) is 4. The molecule has 1 N–H and O–H groups in total. The molecule has 17 heavy (non-hydrogen) atoms. The highest BCUT2D eigenvalue weighted by atomic mass is 16.4. The Kier molecular flexibility index (Phi) is 6.61. The molecule has 2 heteroatoms. The molecule has 1 aliphatic rings. The highest BCUT2D eigenvalue weighted by Gasteiger charge is 2.32. The Balaban J connectivity index is 2.28. The first-order chi connectivity index (χ1) is 8.15. The number of aliphatic carboxylic acids is 1. The van der Waals surface area contributed by atoms with E-state index in [0.29, 0.717) is 5.92 Å². The molecule has 1 fully saturated rings. The zero-order valence-corrected chi connectivity index (χ0v) is 11.5. The third kappa shape index (κ3) is 5.10. The van der Waals surface area contributed by atoms with E-state index in [4.69, 9.17) is 0 Å². The molecule has 0 aromatic rings. The van der Waals surface area contributed by atoms with E-state index in [2.05, 4.69) is 13.8 Å². The normalized spacial score (nSPS) is 29.2. The molecule has 0 spiro atoms. The Labute approximate surface area is 106 Å². The standard InChI is InChI=1S/C15H28O2/c1-3-4-5-6-7-8-13-11-12(2)9-10-14(13)15(16)17/h12-14H,3-11H2,1-2H3,(H,16,17). The summed E-state index contributed by atoms with van der Waals surface area (Å²) >= 11 is 0. The fraction of sp³-hybridized carbons (Fsp3) is 0.933. The van der Waals surface area contributed by atoms with Crippen LogP contribution in [0.3, 0.4) is 0 Å². The zero-order chi connectivity index (χ0) is 12.7. The molecule has 1 rings (SSSR count). The second-order valence-electron chi connectivity index (χ2n) is 5.83. The first-order valence-electron chi connectivity index (χ1n) is 7.38. The minimum absolute atomic E-state index is 0.0580. The van der Waals surface area contributed by atoms with Crippen molar-refractivity contribution in [2.24, 2.45) is 17.8 Å². The van der Waals surface area contributed by atoms with Crippen LogP contribution in [0.25, 0.3) is 0 Å². The SMILES string of the molecule is CCCCCCCC1CC(C)CCC1C(=O)O. The van der Waals surface area contributed by atoms with Crippen molar-refractivity contribution < 1.29 is 9.90 Å². The van der Waals surface area contributed by atoms with Gasteiger partial charge < -0.3 is 5.11 Å². The van der Waals surface area contributed by atoms with Crippen molar-refractivity contribution in [2.45, 2.75) is 71.6 Å². The van der Waals surface area contributed by atoms with E-state index >= 15 is 0 Å². The van der Waals surface area contributed by atoms with Crippen LogP contribution in [0.5, 0.6) is 0 Å². The van der Waals surface area contributed by atoms with E-state index in [-0.39, 0.29) is 5.92 Å². The predicted molar refractivity (Wildman–Crippen MR) is 71.0 cm³/mol. The summed E-state index contributed by atoms with van der Waals surface area (Å²) in [6.07, 6.45) is 10.7. The lowest BCUT2D eigenvalue weighted by molar-refractivity contribution is -0.145. The second-order valence-corrected chi connectivity index (χ2v) is 5.83. The Bertz CT molecular complexity index is 225. The number of carboxylic acids is 1. The van der Waals surface area contributed by atoms with Gasteiger partial charge in [-0.05, 0) is 37.5 Å². The Morgan fingerprint density at radius 1 is 1.18 bits per heavy atom. The van der Waals surface area contributed by atoms with Gasteiger partial charge in [0.1, 0.15) is 0 Å². The number of rotatable bonds is 7. The van der Waals surface area contributed by atoms with E-state index < -0.39 is 5.97 Å². The van der Waals surface area contributed by atoms with Gasteiger partial charge in [-0.25, -0.2) is 0 Å². The van der Waals surface area contributed by atoms with Gasteiger partial charge in [0, 0.05) is 0 Å². The van der Waals surface area contributed by atoms with Gasteiger partial charge >= 0.3 is 5.97 Å². The average molecular weight is 240 g/mol. The Morgan fingerprint density at radius 2 is 1.88 bits per heavy atom. The molecule has 0 aromatic heterocycles. The largest absolute Gasteiger partial charge is 0.481 e. The maximum Gasteiger partial charge on any atom is 0.306 e. The lowest BCUT2D eigenvalue weighted by Gasteiger charge is -2.32. The molecule has 3 atom stereocenters. The summed E-state index contributed by atoms with van der Waals surface area (Å²) in [6.45, 7) is 4.49. The molecule has 1 saturated carbocycles. The first kappa shape index (κ1) is 14.5. The third-order valence-corrected chi connectivity index (χ3v) is 4.24. The topological polar surface area (TPSA) is 37.3 Å². The molecule has 100 valence electrons. The van der Waals surface area contributed by atoms with E-state index in [1.54, 1.807) is 0 Å². The van der Waals surface area contributed by atoms with Crippen molar-refractivity contribution in [2.75, 3.05) is 0 Å². The summed E-state index contributed by atoms with van der Waals surface area (Å²) < 4.78 is 0. The summed E-state index contributed by atoms with van der Waals surface area (Å²) in [5.41, 5.74) is 0. The van der Waals surface area contributed by atoms with Crippen molar-refractivity contribution in [3.8, 4) is 0 Å². The molecule has 0 heterocycles. The van der Waals surface area contributed by atoms with Crippen LogP contribution in [-0.4, -0.2) is 11.1 Å². The minimum Gasteiger partial charge on any atom is -0.481 e. The fourth-order valence-electron chi connectivity index (χ4n) is 3.15. The van der Waals surface area contributed by atoms with Gasteiger partial charge in [0.15, 0.2) is 0 Å². The minimum atomic E-state index is -0.560. The smallest absolute Gasteiger partial charge is 0.306 e. The van der Waals surface area contributed by atoms with Crippen molar-refractivity contribution in [1.29, 1.82) is 0 Å². The molecule has 0 aliphatic heterocycles. The molecular formula is C15H28O2. The van der Waals surface area contributed by atoms with Crippen LogP contribution < -0.4 is 0 Å². The Hall–Kier alpha value is -0.530. The summed E-state index contributed by atoms with van der Waals surface area (Å²) in [5, 5.41) is 9.24. The van der Waals surface area contributed by atoms with E-state index in [9.17, 15) is 9.90 Å². The second kappa shape index (κ2) is 7.73. The molecule has 0 saturated heterocycles. The molecular weight excluding hydrogens is 212 g/mol. The lowest BCUT2D eigenvalue weighted by Crippen LogP contribution is -2.29. The van der Waals surface area contributed by atoms with Crippen molar-refractivity contribution in [3.05, 3.63) is 0 Å². The lowest BCUT2D eigenvalue weighted by atomic mass is 9.72. The van der Waals surface area contributed by atoms with Crippen LogP contribution in [0, 0.1) is 17.8 Å². The number of hydrogen-bond acceptors (Lipinski definition) is 1. The van der Waals surface area contributed by atoms with Crippen molar-refractivity contribution >= 4 is 5.97 Å². The van der Waals surface area contributed by atoms with Crippen LogP contribution >= 0.6 is 0 Å². The summed E-state index contributed by atoms with van der Waals surface area (Å²) in [5.74, 6) is 0.553. The van der Waals surface area contributed by atoms with E-state index in [0.717, 1.165) is 31.6 Å². The quantitative estimate of drug-likeness (QED) is 0.666. The van der Waals surface area contributed by atoms with Crippen molar-refractivity contribution in [1.82, 2.24) is 0 Å². The van der Waals surface area contributed by atoms with Gasteiger partial charge in [-0.15, -0.1) is 0 Å². The van der Waals surface area contributed by atoms with E-state index in [1.165, 1.54) is 32.1 Å². The van der Waals surface area contributed by atoms with Crippen LogP contribution in [0.1, 0.15) is 71.6 Å². The van der Waals surface area contributed by atoms with Crippen LogP contribution in [0.4, 0.5) is 0 Å². The van der Waals surface area contributed by atoms with Gasteiger partial charge in [0.2, 0.25) is 0 Å². The molecule has 0 aromatic carbocycles. The number of carbonyl (C=O) groups is 1. The van der Waals surface area contributed by atoms with Crippen LogP contribution in [0.2, 0.25) is 0 Å². The van der Waals surface area contributed by atoms with E-state index in [1.807, 2.05) is 0 Å². The average Bonchev–Trinajstić information content (AvgIpc) is 2.28. The van der Waals surface area contributed by atoms with Gasteiger partial charge in [-0.1, -0.05) is 46.0 Å². The molecule has 1 aliphatic carbocycles. The van der Waals surface area contributed by atoms with Crippen LogP contribution in [0.15, 0.2) is 0 Å². The molecule has 3 unspecified atom stereocenters. The summed E-state index contributed by atoms with van der Waals surface area (Å²) in [4.78, 5) is 11.2. The summed E-state index contributed by atoms with van der Waals surface area (Å²) in [6, 6.07) is 0. The van der Waals surface area contributed by atoms with Gasteiger partial charge in [0.25, 0.3) is 0 Å². The molecule has 0 bridgehead atoms. The van der Waals surface area contributed by atoms with Gasteiger partial charge in [-0.3, -0.25) is 4.79 Å². The maximum absolute atomic E-state index is 11.2. The molecule has 0 amide bonds. The Morgan fingerprint density at radius 3 is 2.53 bits per heavy atom. The summed E-state index contributed by atoms with van der Waals surface area (Å²) in [7, 11) is 0. The zero-order valence-electron chi connectivity index (χ0n) is 11.5. The number of carboxylic acid groups (broad SMARTS) is 1. The highest BCUT2D eigenvalue weighted by molar-refractivity contribution is 5.70. The monoisotopic (exact) mass is 240 g/mol. The van der Waals surface area contributed by atoms with Crippen molar-refractivity contribution in [3.63, 3.8) is 0 Å². The number of hydrogen-bond donors (Lipinski definition) is 1. The third-order valence-electron chi connectivity index (χ3n) is 4.24. The molecule has 0 radical (unpaired) electrons. The predicted octanol–water partition coefficient (Wildman–Crippen LogP) is 4.48. The van der Waals surface area contributed by atoms with Crippen LogP contribution in [-0.2, 0) is 4.79 Å². The van der Waals surface area contributed by atoms with Gasteiger partial charge in [-0.2, -0.15) is 0 Å². The molecule has 2 nitrogen and oxygen atoms in total. The maximum atomic E-state index is 11.2. The van der Waals surface area contributed by atoms with Gasteiger partial charge in [0.05, 0.1) is 5.92 Å².